The van der Waals surface area contributed by atoms with Gasteiger partial charge in [-0.15, -0.1) is 5.23 Å². The number of nitrogens with zero attached hydrogens (tertiary/aromatic N) is 2. The highest BCUT2D eigenvalue weighted by Crippen LogP contribution is 2.29. The van der Waals surface area contributed by atoms with Crippen LogP contribution in [0.4, 0.5) is 10.1 Å². The maximum Gasteiger partial charge on any atom is 0.256 e. The number of hydrogen-bond acceptors (Lipinski definition) is 4. The number of carbonyl (C=O) groups is 1. The third-order valence-corrected chi connectivity index (χ3v) is 2.71. The Morgan fingerprint density at radius 2 is 2.12 bits per heavy atom. The Morgan fingerprint density at radius 1 is 1.44 bits per heavy atom. The van der Waals surface area contributed by atoms with Gasteiger partial charge in [0.15, 0.2) is 0 Å². The summed E-state index contributed by atoms with van der Waals surface area (Å²) in [5.41, 5.74) is 0.139. The second kappa shape index (κ2) is 3.73. The smallest absolute Gasteiger partial charge is 0.256 e. The van der Waals surface area contributed by atoms with Crippen molar-refractivity contribution in [3.05, 3.63) is 29.1 Å². The van der Waals surface area contributed by atoms with Crippen LogP contribution in [0.15, 0.2) is 12.1 Å². The number of rotatable bonds is 1. The van der Waals surface area contributed by atoms with E-state index in [1.165, 1.54) is 4.90 Å². The first-order valence-electron chi connectivity index (χ1n) is 4.77. The molecule has 0 spiro atoms. The fourth-order valence-electron chi connectivity index (χ4n) is 1.83. The van der Waals surface area contributed by atoms with Gasteiger partial charge in [-0.3, -0.25) is 15.2 Å². The molecule has 1 aromatic rings. The summed E-state index contributed by atoms with van der Waals surface area (Å²) in [6.07, 6.45) is 0.366. The zero-order valence-corrected chi connectivity index (χ0v) is 8.64. The Morgan fingerprint density at radius 3 is 2.75 bits per heavy atom. The standard InChI is InChI=1S/C10H11FN2O3/c1-12-5-4-6-7(11)2-3-8(13(15)16)9(6)10(12)14/h2-3,15-16H,4-5H2,1H3. The molecule has 2 rings (SSSR count). The average Bonchev–Trinajstić information content (AvgIpc) is 2.23. The number of halogens is 1. The first-order chi connectivity index (χ1) is 7.52. The first kappa shape index (κ1) is 10.8. The molecule has 1 amide bonds. The van der Waals surface area contributed by atoms with Gasteiger partial charge in [0.05, 0.1) is 5.56 Å². The quantitative estimate of drug-likeness (QED) is 0.702. The fourth-order valence-corrected chi connectivity index (χ4v) is 1.83. The summed E-state index contributed by atoms with van der Waals surface area (Å²) in [6.45, 7) is 0.420. The Balaban J connectivity index is 2.65. The molecule has 16 heavy (non-hydrogen) atoms. The third-order valence-electron chi connectivity index (χ3n) is 2.71. The number of benzene rings is 1. The van der Waals surface area contributed by atoms with Crippen molar-refractivity contribution in [1.82, 2.24) is 4.90 Å². The van der Waals surface area contributed by atoms with E-state index in [9.17, 15) is 9.18 Å². The van der Waals surface area contributed by atoms with Crippen molar-refractivity contribution in [1.29, 1.82) is 0 Å². The van der Waals surface area contributed by atoms with E-state index in [-0.39, 0.29) is 22.0 Å². The van der Waals surface area contributed by atoms with Gasteiger partial charge >= 0.3 is 0 Å². The molecular weight excluding hydrogens is 215 g/mol. The van der Waals surface area contributed by atoms with Crippen LogP contribution in [0.1, 0.15) is 15.9 Å². The predicted molar refractivity (Wildman–Crippen MR) is 53.1 cm³/mol. The monoisotopic (exact) mass is 226 g/mol. The van der Waals surface area contributed by atoms with Gasteiger partial charge in [-0.2, -0.15) is 0 Å². The fraction of sp³-hybridized carbons (Fsp3) is 0.300. The minimum absolute atomic E-state index is 0.0127. The molecule has 5 nitrogen and oxygen atoms in total. The van der Waals surface area contributed by atoms with Crippen molar-refractivity contribution in [2.24, 2.45) is 0 Å². The van der Waals surface area contributed by atoms with Crippen LogP contribution in [0, 0.1) is 5.82 Å². The number of carbonyl (C=O) groups excluding carboxylic acids is 1. The number of anilines is 1. The van der Waals surface area contributed by atoms with Gasteiger partial charge in [0, 0.05) is 19.2 Å². The molecule has 6 heteroatoms. The Hall–Kier alpha value is -1.66. The van der Waals surface area contributed by atoms with Gasteiger partial charge in [0.2, 0.25) is 0 Å². The van der Waals surface area contributed by atoms with Crippen LogP contribution < -0.4 is 5.23 Å². The maximum absolute atomic E-state index is 13.5. The summed E-state index contributed by atoms with van der Waals surface area (Å²) in [7, 11) is 1.58. The average molecular weight is 226 g/mol. The summed E-state index contributed by atoms with van der Waals surface area (Å²) in [6, 6.07) is 2.28. The van der Waals surface area contributed by atoms with Crippen molar-refractivity contribution < 1.29 is 19.6 Å². The van der Waals surface area contributed by atoms with E-state index in [4.69, 9.17) is 10.4 Å². The number of amides is 1. The summed E-state index contributed by atoms with van der Waals surface area (Å²) < 4.78 is 13.5. The Kier molecular flexibility index (Phi) is 2.53. The minimum Gasteiger partial charge on any atom is -0.341 e. The Labute approximate surface area is 91.2 Å². The zero-order chi connectivity index (χ0) is 11.9. The molecule has 1 heterocycles. The van der Waals surface area contributed by atoms with Crippen LogP contribution in [-0.2, 0) is 6.42 Å². The van der Waals surface area contributed by atoms with Crippen LogP contribution >= 0.6 is 0 Å². The van der Waals surface area contributed by atoms with Crippen molar-refractivity contribution in [2.75, 3.05) is 18.8 Å². The molecule has 0 aromatic heterocycles. The van der Waals surface area contributed by atoms with E-state index < -0.39 is 11.7 Å². The molecule has 0 fully saturated rings. The highest BCUT2D eigenvalue weighted by atomic mass is 19.1. The van der Waals surface area contributed by atoms with Gasteiger partial charge in [-0.1, -0.05) is 0 Å². The highest BCUT2D eigenvalue weighted by molar-refractivity contribution is 6.01. The van der Waals surface area contributed by atoms with E-state index in [1.807, 2.05) is 0 Å². The number of hydrogen-bond donors (Lipinski definition) is 2. The van der Waals surface area contributed by atoms with Gasteiger partial charge < -0.3 is 4.90 Å². The maximum atomic E-state index is 13.5. The topological polar surface area (TPSA) is 64.0 Å². The number of fused-ring (bicyclic) bond motifs is 1. The molecule has 0 atom stereocenters. The molecule has 1 aliphatic heterocycles. The molecule has 2 N–H and O–H groups in total. The van der Waals surface area contributed by atoms with E-state index in [1.54, 1.807) is 7.05 Å². The molecule has 0 saturated carbocycles. The molecule has 0 unspecified atom stereocenters. The van der Waals surface area contributed by atoms with Gasteiger partial charge in [-0.25, -0.2) is 4.39 Å². The number of likely N-dealkylation sites (N-methyl/N-ethyl adjacent to an activating group) is 1. The van der Waals surface area contributed by atoms with E-state index >= 15 is 0 Å². The van der Waals surface area contributed by atoms with Crippen LogP contribution in [0.3, 0.4) is 0 Å². The normalized spacial score (nSPS) is 15.0. The molecular formula is C10H11FN2O3. The van der Waals surface area contributed by atoms with Crippen molar-refractivity contribution in [3.63, 3.8) is 0 Å². The minimum atomic E-state index is -0.498. The van der Waals surface area contributed by atoms with E-state index in [0.29, 0.717) is 13.0 Å². The van der Waals surface area contributed by atoms with E-state index in [0.717, 1.165) is 12.1 Å². The SMILES string of the molecule is CN1CCc2c(F)ccc(N(O)O)c2C1=O. The molecule has 1 aromatic carbocycles. The molecule has 0 radical (unpaired) electrons. The van der Waals surface area contributed by atoms with E-state index in [2.05, 4.69) is 0 Å². The van der Waals surface area contributed by atoms with Gasteiger partial charge in [-0.05, 0) is 18.6 Å². The molecule has 86 valence electrons. The van der Waals surface area contributed by atoms with Crippen molar-refractivity contribution in [3.8, 4) is 0 Å². The van der Waals surface area contributed by atoms with Crippen molar-refractivity contribution in [2.45, 2.75) is 6.42 Å². The lowest BCUT2D eigenvalue weighted by Crippen LogP contribution is -2.36. The molecule has 0 bridgehead atoms. The van der Waals surface area contributed by atoms with Crippen LogP contribution in [0.5, 0.6) is 0 Å². The van der Waals surface area contributed by atoms with Crippen LogP contribution in [0.2, 0.25) is 0 Å². The van der Waals surface area contributed by atoms with Gasteiger partial charge in [0.25, 0.3) is 5.91 Å². The summed E-state index contributed by atoms with van der Waals surface area (Å²) in [5.74, 6) is -0.911. The summed E-state index contributed by atoms with van der Waals surface area (Å²) in [4.78, 5) is 13.2. The van der Waals surface area contributed by atoms with Crippen LogP contribution in [-0.4, -0.2) is 34.8 Å². The molecule has 0 aliphatic carbocycles. The molecule has 1 aliphatic rings. The lowest BCUT2D eigenvalue weighted by molar-refractivity contribution is 0.0278. The second-order valence-electron chi connectivity index (χ2n) is 3.69. The third kappa shape index (κ3) is 1.52. The lowest BCUT2D eigenvalue weighted by atomic mass is 9.97. The first-order valence-corrected chi connectivity index (χ1v) is 4.77. The summed E-state index contributed by atoms with van der Waals surface area (Å²) >= 11 is 0. The Bertz CT molecular complexity index is 448. The summed E-state index contributed by atoms with van der Waals surface area (Å²) in [5, 5.41) is 17.8. The van der Waals surface area contributed by atoms with Crippen molar-refractivity contribution >= 4 is 11.6 Å². The zero-order valence-electron chi connectivity index (χ0n) is 8.64. The lowest BCUT2D eigenvalue weighted by Gasteiger charge is -2.27. The van der Waals surface area contributed by atoms with Crippen LogP contribution in [0.25, 0.3) is 0 Å². The largest absolute Gasteiger partial charge is 0.341 e. The highest BCUT2D eigenvalue weighted by Gasteiger charge is 2.28. The predicted octanol–water partition coefficient (Wildman–Crippen LogP) is 1.04. The molecule has 0 saturated heterocycles. The van der Waals surface area contributed by atoms with Gasteiger partial charge in [0.1, 0.15) is 11.5 Å². The second-order valence-corrected chi connectivity index (χ2v) is 3.69.